The van der Waals surface area contributed by atoms with Gasteiger partial charge in [0.2, 0.25) is 0 Å². The van der Waals surface area contributed by atoms with Crippen LogP contribution in [-0.4, -0.2) is 22.5 Å². The van der Waals surface area contributed by atoms with E-state index in [1.54, 1.807) is 18.0 Å². The van der Waals surface area contributed by atoms with Crippen LogP contribution in [-0.2, 0) is 12.3 Å². The summed E-state index contributed by atoms with van der Waals surface area (Å²) in [4.78, 5) is 4.30. The first kappa shape index (κ1) is 15.2. The molecular weight excluding hydrogens is 292 g/mol. The van der Waals surface area contributed by atoms with E-state index >= 15 is 0 Å². The molecule has 2 N–H and O–H groups in total. The van der Waals surface area contributed by atoms with E-state index in [2.05, 4.69) is 10.3 Å². The van der Waals surface area contributed by atoms with Crippen molar-refractivity contribution in [1.82, 2.24) is 4.98 Å². The van der Waals surface area contributed by atoms with Gasteiger partial charge < -0.3 is 10.4 Å². The van der Waals surface area contributed by atoms with Crippen molar-refractivity contribution in [2.75, 3.05) is 17.7 Å². The number of aromatic nitrogens is 1. The first-order valence-corrected chi connectivity index (χ1v) is 7.93. The Bertz CT molecular complexity index is 551. The first-order valence-electron chi connectivity index (χ1n) is 6.40. The van der Waals surface area contributed by atoms with Gasteiger partial charge in [0, 0.05) is 29.3 Å². The van der Waals surface area contributed by atoms with Crippen LogP contribution in [0.1, 0.15) is 11.1 Å². The number of anilines is 1. The van der Waals surface area contributed by atoms with Gasteiger partial charge in [-0.1, -0.05) is 29.8 Å². The molecule has 1 aromatic carbocycles. The minimum absolute atomic E-state index is 0.216. The summed E-state index contributed by atoms with van der Waals surface area (Å²) in [5.74, 6) is 2.47. The molecule has 2 rings (SSSR count). The molecule has 0 spiro atoms. The zero-order valence-corrected chi connectivity index (χ0v) is 12.6. The van der Waals surface area contributed by atoms with Crippen molar-refractivity contribution in [3.05, 3.63) is 58.7 Å². The third-order valence-electron chi connectivity index (χ3n) is 2.75. The highest BCUT2D eigenvalue weighted by molar-refractivity contribution is 7.98. The summed E-state index contributed by atoms with van der Waals surface area (Å²) in [5.41, 5.74) is 2.25. The molecule has 0 saturated carbocycles. The number of nitrogens with zero attached hydrogens (tertiary/aromatic N) is 1. The lowest BCUT2D eigenvalue weighted by atomic mass is 10.2. The van der Waals surface area contributed by atoms with Gasteiger partial charge in [-0.15, -0.1) is 0 Å². The molecule has 106 valence electrons. The number of hydrogen-bond acceptors (Lipinski definition) is 4. The summed E-state index contributed by atoms with van der Waals surface area (Å²) in [6.45, 7) is 0.868. The summed E-state index contributed by atoms with van der Waals surface area (Å²) in [7, 11) is 0. The van der Waals surface area contributed by atoms with Crippen LogP contribution in [0.4, 0.5) is 5.82 Å². The second-order valence-corrected chi connectivity index (χ2v) is 5.78. The topological polar surface area (TPSA) is 45.2 Å². The van der Waals surface area contributed by atoms with Crippen LogP contribution >= 0.6 is 23.4 Å². The highest BCUT2D eigenvalue weighted by atomic mass is 35.5. The molecule has 0 saturated heterocycles. The summed E-state index contributed by atoms with van der Waals surface area (Å²) in [6, 6.07) is 11.8. The van der Waals surface area contributed by atoms with Gasteiger partial charge >= 0.3 is 0 Å². The number of aliphatic hydroxyl groups is 1. The number of thioether (sulfide) groups is 1. The third-order valence-corrected chi connectivity index (χ3v) is 4.12. The van der Waals surface area contributed by atoms with Gasteiger partial charge in [-0.3, -0.25) is 0 Å². The van der Waals surface area contributed by atoms with Crippen molar-refractivity contribution in [3.63, 3.8) is 0 Å². The predicted octanol–water partition coefficient (Wildman–Crippen LogP) is 3.57. The van der Waals surface area contributed by atoms with E-state index in [0.717, 1.165) is 27.9 Å². The number of halogens is 1. The molecule has 0 aliphatic carbocycles. The van der Waals surface area contributed by atoms with E-state index in [4.69, 9.17) is 16.7 Å². The Morgan fingerprint density at radius 2 is 2.10 bits per heavy atom. The van der Waals surface area contributed by atoms with Gasteiger partial charge in [-0.25, -0.2) is 4.98 Å². The Kier molecular flexibility index (Phi) is 6.18. The van der Waals surface area contributed by atoms with Gasteiger partial charge in [-0.2, -0.15) is 11.8 Å². The van der Waals surface area contributed by atoms with E-state index in [1.807, 2.05) is 36.4 Å². The van der Waals surface area contributed by atoms with Crippen molar-refractivity contribution in [2.24, 2.45) is 0 Å². The highest BCUT2D eigenvalue weighted by Crippen LogP contribution is 2.18. The Labute approximate surface area is 128 Å². The predicted molar refractivity (Wildman–Crippen MR) is 86.3 cm³/mol. The van der Waals surface area contributed by atoms with E-state index in [-0.39, 0.29) is 6.61 Å². The Hall–Kier alpha value is -1.23. The lowest BCUT2D eigenvalue weighted by Crippen LogP contribution is -2.02. The van der Waals surface area contributed by atoms with Crippen LogP contribution in [0.5, 0.6) is 0 Å². The summed E-state index contributed by atoms with van der Waals surface area (Å²) in [6.07, 6.45) is 1.80. The largest absolute Gasteiger partial charge is 0.396 e. The normalized spacial score (nSPS) is 10.5. The molecule has 0 atom stereocenters. The van der Waals surface area contributed by atoms with Gasteiger partial charge in [0.25, 0.3) is 0 Å². The zero-order valence-electron chi connectivity index (χ0n) is 11.1. The standard InChI is InChI=1S/C15H17ClN2OS/c16-14-4-2-1-3-13(14)10-18-15-9-12(5-6-17-15)11-20-8-7-19/h1-6,9,19H,7-8,10-11H2,(H,17,18). The molecule has 0 aliphatic rings. The fraction of sp³-hybridized carbons (Fsp3) is 0.267. The second-order valence-electron chi connectivity index (χ2n) is 4.27. The maximum Gasteiger partial charge on any atom is 0.126 e. The molecule has 1 heterocycles. The minimum atomic E-state index is 0.216. The molecule has 0 aliphatic heterocycles. The maximum absolute atomic E-state index is 8.78. The zero-order chi connectivity index (χ0) is 14.2. The molecular formula is C15H17ClN2OS. The number of rotatable bonds is 7. The molecule has 0 radical (unpaired) electrons. The quantitative estimate of drug-likeness (QED) is 0.768. The lowest BCUT2D eigenvalue weighted by molar-refractivity contribution is 0.322. The van der Waals surface area contributed by atoms with Gasteiger partial charge in [0.05, 0.1) is 6.61 Å². The molecule has 0 amide bonds. The Balaban J connectivity index is 1.93. The second kappa shape index (κ2) is 8.15. The maximum atomic E-state index is 8.78. The summed E-state index contributed by atoms with van der Waals surface area (Å²) < 4.78 is 0. The van der Waals surface area contributed by atoms with Crippen LogP contribution in [0, 0.1) is 0 Å². The Morgan fingerprint density at radius 3 is 2.90 bits per heavy atom. The van der Waals surface area contributed by atoms with Crippen LogP contribution in [0.2, 0.25) is 5.02 Å². The van der Waals surface area contributed by atoms with Crippen LogP contribution in [0.3, 0.4) is 0 Å². The van der Waals surface area contributed by atoms with E-state index in [1.165, 1.54) is 5.56 Å². The molecule has 2 aromatic rings. The average molecular weight is 309 g/mol. The average Bonchev–Trinajstić information content (AvgIpc) is 2.47. The minimum Gasteiger partial charge on any atom is -0.396 e. The number of benzene rings is 1. The van der Waals surface area contributed by atoms with Crippen molar-refractivity contribution in [3.8, 4) is 0 Å². The third kappa shape index (κ3) is 4.71. The van der Waals surface area contributed by atoms with E-state index in [9.17, 15) is 0 Å². The van der Waals surface area contributed by atoms with E-state index in [0.29, 0.717) is 6.54 Å². The number of nitrogens with one attached hydrogen (secondary N) is 1. The van der Waals surface area contributed by atoms with Gasteiger partial charge in [0.15, 0.2) is 0 Å². The SMILES string of the molecule is OCCSCc1ccnc(NCc2ccccc2Cl)c1. The number of aliphatic hydroxyl groups excluding tert-OH is 1. The molecule has 3 nitrogen and oxygen atoms in total. The molecule has 1 aromatic heterocycles. The van der Waals surface area contributed by atoms with Gasteiger partial charge in [0.1, 0.15) is 5.82 Å². The summed E-state index contributed by atoms with van der Waals surface area (Å²) >= 11 is 7.82. The molecule has 20 heavy (non-hydrogen) atoms. The van der Waals surface area contributed by atoms with Crippen LogP contribution in [0.25, 0.3) is 0 Å². The van der Waals surface area contributed by atoms with Crippen molar-refractivity contribution >= 4 is 29.2 Å². The van der Waals surface area contributed by atoms with Crippen molar-refractivity contribution in [2.45, 2.75) is 12.3 Å². The molecule has 0 fully saturated rings. The number of hydrogen-bond donors (Lipinski definition) is 2. The fourth-order valence-corrected chi connectivity index (χ4v) is 2.63. The Morgan fingerprint density at radius 1 is 1.25 bits per heavy atom. The monoisotopic (exact) mass is 308 g/mol. The van der Waals surface area contributed by atoms with Gasteiger partial charge in [-0.05, 0) is 29.3 Å². The molecule has 5 heteroatoms. The smallest absolute Gasteiger partial charge is 0.126 e. The highest BCUT2D eigenvalue weighted by Gasteiger charge is 2.01. The summed E-state index contributed by atoms with van der Waals surface area (Å²) in [5, 5.41) is 12.8. The van der Waals surface area contributed by atoms with Crippen LogP contribution < -0.4 is 5.32 Å². The molecule has 0 unspecified atom stereocenters. The van der Waals surface area contributed by atoms with E-state index < -0.39 is 0 Å². The van der Waals surface area contributed by atoms with Crippen molar-refractivity contribution < 1.29 is 5.11 Å². The fourth-order valence-electron chi connectivity index (χ4n) is 1.74. The first-order chi connectivity index (χ1) is 9.79. The lowest BCUT2D eigenvalue weighted by Gasteiger charge is -2.08. The number of pyridine rings is 1. The van der Waals surface area contributed by atoms with Crippen LogP contribution in [0.15, 0.2) is 42.6 Å². The van der Waals surface area contributed by atoms with Crippen molar-refractivity contribution in [1.29, 1.82) is 0 Å². The molecule has 0 bridgehead atoms.